The zero-order valence-electron chi connectivity index (χ0n) is 41.1. The molecule has 4 N–H and O–H groups in total. The first-order chi connectivity index (χ1) is 34.8. The van der Waals surface area contributed by atoms with Gasteiger partial charge in [0, 0.05) is 58.1 Å². The number of rotatable bonds is 12. The maximum atomic E-state index is 13.8. The Morgan fingerprint density at radius 1 is 0.667 bits per heavy atom. The van der Waals surface area contributed by atoms with Crippen LogP contribution >= 0.6 is 11.6 Å². The number of aromatic nitrogens is 5. The number of nitrogens with zero attached hydrogens (tertiary/aromatic N) is 5. The molecule has 17 heteroatoms. The largest absolute Gasteiger partial charge is 0.472 e. The predicted octanol–water partition coefficient (Wildman–Crippen LogP) is 10.5. The van der Waals surface area contributed by atoms with Crippen LogP contribution in [0.1, 0.15) is 77.1 Å². The summed E-state index contributed by atoms with van der Waals surface area (Å²) in [4.78, 5) is 72.1. The number of imidazole rings is 2. The van der Waals surface area contributed by atoms with Crippen LogP contribution in [0.2, 0.25) is 5.02 Å². The molecule has 72 heavy (non-hydrogen) atoms. The molecule has 16 nitrogen and oxygen atoms in total. The second kappa shape index (κ2) is 19.9. The number of carbonyl (C=O) groups is 4. The topological polar surface area (TPSA) is 189 Å². The molecule has 4 amide bonds. The molecule has 10 rings (SSSR count). The van der Waals surface area contributed by atoms with Gasteiger partial charge in [0.1, 0.15) is 29.5 Å². The zero-order chi connectivity index (χ0) is 50.4. The minimum atomic E-state index is -0.718. The third-order valence-electron chi connectivity index (χ3n) is 14.3. The fourth-order valence-corrected chi connectivity index (χ4v) is 10.7. The maximum Gasteiger partial charge on any atom is 0.407 e. The number of likely N-dealkylation sites (tertiary alicyclic amines) is 2. The summed E-state index contributed by atoms with van der Waals surface area (Å²) in [6, 6.07) is 27.2. The predicted molar refractivity (Wildman–Crippen MR) is 275 cm³/mol. The van der Waals surface area contributed by atoms with Crippen molar-refractivity contribution in [2.75, 3.05) is 27.3 Å². The summed E-state index contributed by atoms with van der Waals surface area (Å²) >= 11 is 6.49. The number of hydrogen-bond acceptors (Lipinski definition) is 9. The number of H-pyrrole nitrogens is 2. The van der Waals surface area contributed by atoms with Crippen LogP contribution in [0.4, 0.5) is 9.59 Å². The Hall–Kier alpha value is -7.59. The number of hydrogen-bond donors (Lipinski definition) is 4. The van der Waals surface area contributed by atoms with E-state index in [-0.39, 0.29) is 35.7 Å². The van der Waals surface area contributed by atoms with Gasteiger partial charge in [0.15, 0.2) is 6.73 Å². The Balaban J connectivity index is 0.929. The number of ether oxygens (including phenoxy) is 3. The normalized spacial score (nSPS) is 17.1. The van der Waals surface area contributed by atoms with Gasteiger partial charge in [-0.2, -0.15) is 0 Å². The van der Waals surface area contributed by atoms with Gasteiger partial charge in [0.25, 0.3) is 0 Å². The highest BCUT2D eigenvalue weighted by molar-refractivity contribution is 6.31. The van der Waals surface area contributed by atoms with Crippen molar-refractivity contribution in [2.45, 2.75) is 84.3 Å². The molecule has 3 aromatic heterocycles. The van der Waals surface area contributed by atoms with E-state index < -0.39 is 24.3 Å². The van der Waals surface area contributed by atoms with Gasteiger partial charge in [-0.05, 0) is 84.5 Å². The first-order valence-corrected chi connectivity index (χ1v) is 24.9. The van der Waals surface area contributed by atoms with Crippen molar-refractivity contribution in [1.82, 2.24) is 44.9 Å². The van der Waals surface area contributed by atoms with Crippen molar-refractivity contribution in [3.05, 3.63) is 114 Å². The van der Waals surface area contributed by atoms with E-state index in [1.807, 2.05) is 68.1 Å². The Morgan fingerprint density at radius 2 is 1.17 bits per heavy atom. The van der Waals surface area contributed by atoms with Gasteiger partial charge in [0.2, 0.25) is 11.8 Å². The van der Waals surface area contributed by atoms with Crippen molar-refractivity contribution >= 4 is 46.5 Å². The molecule has 4 unspecified atom stereocenters. The lowest BCUT2D eigenvalue weighted by Crippen LogP contribution is -2.51. The van der Waals surface area contributed by atoms with Crippen molar-refractivity contribution < 1.29 is 33.4 Å². The van der Waals surface area contributed by atoms with Crippen molar-refractivity contribution in [3.8, 4) is 61.8 Å². The highest BCUT2D eigenvalue weighted by Gasteiger charge is 2.39. The molecule has 2 saturated heterocycles. The summed E-state index contributed by atoms with van der Waals surface area (Å²) in [6.07, 6.45) is 5.67. The van der Waals surface area contributed by atoms with E-state index in [9.17, 15) is 19.2 Å². The summed E-state index contributed by atoms with van der Waals surface area (Å²) in [5.41, 5.74) is 10.6. The monoisotopic (exact) mass is 991 g/mol. The molecule has 0 radical (unpaired) electrons. The molecular formula is C55H58ClN9O7. The van der Waals surface area contributed by atoms with Gasteiger partial charge in [-0.25, -0.2) is 19.6 Å². The summed E-state index contributed by atoms with van der Waals surface area (Å²) in [5, 5.41) is 7.10. The number of amides is 4. The third-order valence-corrected chi connectivity index (χ3v) is 14.5. The van der Waals surface area contributed by atoms with Crippen molar-refractivity contribution in [1.29, 1.82) is 0 Å². The fourth-order valence-electron chi connectivity index (χ4n) is 10.5. The molecule has 0 bridgehead atoms. The van der Waals surface area contributed by atoms with Crippen LogP contribution < -0.4 is 15.4 Å². The summed E-state index contributed by atoms with van der Waals surface area (Å²) in [7, 11) is 2.58. The number of halogens is 1. The van der Waals surface area contributed by atoms with Gasteiger partial charge >= 0.3 is 12.2 Å². The second-order valence-corrected chi connectivity index (χ2v) is 19.8. The zero-order valence-corrected chi connectivity index (χ0v) is 41.9. The van der Waals surface area contributed by atoms with Crippen molar-refractivity contribution in [2.24, 2.45) is 11.8 Å². The standard InChI is InChI=1S/C55H58ClN9O7/c1-30(2)47(61-54(68)70-5)52(66)63-23-7-9-43(63)50-57-27-40(59-50)33-13-11-32(12-14-33)36-19-22-42-39(25-36)46(49-38-21-20-37(56)26-45(38)72-29-65(42)49)35-17-15-34(16-18-35)41-28-58-51(60-41)44-10-8-24-64(44)53(67)48(31(3)4)62-55(69)71-6/h11-22,25-28,30-31,43-44,47-48H,7-10,23-24,29H2,1-6H3,(H,57,59)(H,58,60)(H,61,68)(H,62,69). The lowest BCUT2D eigenvalue weighted by atomic mass is 9.94. The fraction of sp³-hybridized carbons (Fsp3) is 0.345. The van der Waals surface area contributed by atoms with Gasteiger partial charge < -0.3 is 49.2 Å². The molecule has 0 saturated carbocycles. The van der Waals surface area contributed by atoms with Crippen LogP contribution in [-0.4, -0.2) is 97.7 Å². The van der Waals surface area contributed by atoms with E-state index in [0.29, 0.717) is 36.5 Å². The highest BCUT2D eigenvalue weighted by Crippen LogP contribution is 2.48. The number of carbonyl (C=O) groups excluding carboxylic acids is 4. The Morgan fingerprint density at radius 3 is 1.68 bits per heavy atom. The minimum Gasteiger partial charge on any atom is -0.472 e. The third kappa shape index (κ3) is 9.03. The Kier molecular flexibility index (Phi) is 13.3. The van der Waals surface area contributed by atoms with Crippen LogP contribution in [0.25, 0.3) is 66.9 Å². The lowest BCUT2D eigenvalue weighted by Gasteiger charge is -2.29. The highest BCUT2D eigenvalue weighted by atomic mass is 35.5. The molecule has 2 fully saturated rings. The van der Waals surface area contributed by atoms with Crippen LogP contribution in [0, 0.1) is 11.8 Å². The van der Waals surface area contributed by atoms with E-state index in [4.69, 9.17) is 35.8 Å². The summed E-state index contributed by atoms with van der Waals surface area (Å²) in [5.74, 6) is 1.57. The van der Waals surface area contributed by atoms with Crippen LogP contribution in [-0.2, 0) is 25.8 Å². The van der Waals surface area contributed by atoms with E-state index in [1.165, 1.54) is 14.2 Å². The Labute approximate surface area is 422 Å². The summed E-state index contributed by atoms with van der Waals surface area (Å²) in [6.45, 7) is 9.08. The number of aromatic amines is 2. The molecule has 6 heterocycles. The number of nitrogens with one attached hydrogen (secondary N) is 4. The van der Waals surface area contributed by atoms with Crippen LogP contribution in [0.3, 0.4) is 0 Å². The molecule has 7 aromatic rings. The Bertz CT molecular complexity index is 3180. The number of methoxy groups -OCH3 is 2. The molecule has 0 spiro atoms. The smallest absolute Gasteiger partial charge is 0.407 e. The average Bonchev–Trinajstić information content (AvgIpc) is 4.26. The minimum absolute atomic E-state index is 0.125. The van der Waals surface area contributed by atoms with E-state index in [0.717, 1.165) is 98.4 Å². The molecule has 3 aliphatic rings. The number of fused-ring (bicyclic) bond motifs is 5. The maximum absolute atomic E-state index is 13.8. The molecule has 0 aliphatic carbocycles. The van der Waals surface area contributed by atoms with Crippen LogP contribution in [0.15, 0.2) is 97.3 Å². The van der Waals surface area contributed by atoms with Crippen molar-refractivity contribution in [3.63, 3.8) is 0 Å². The van der Waals surface area contributed by atoms with Gasteiger partial charge in [-0.3, -0.25) is 9.59 Å². The molecule has 372 valence electrons. The van der Waals surface area contributed by atoms with Gasteiger partial charge in [0.05, 0.1) is 48.9 Å². The quantitative estimate of drug-likeness (QED) is 0.0923. The lowest BCUT2D eigenvalue weighted by molar-refractivity contribution is -0.136. The van der Waals surface area contributed by atoms with Gasteiger partial charge in [-0.15, -0.1) is 0 Å². The van der Waals surface area contributed by atoms with E-state index in [2.05, 4.69) is 91.9 Å². The first kappa shape index (κ1) is 48.1. The average molecular weight is 993 g/mol. The molecule has 4 aromatic carbocycles. The second-order valence-electron chi connectivity index (χ2n) is 19.4. The molecule has 4 atom stereocenters. The summed E-state index contributed by atoms with van der Waals surface area (Å²) < 4.78 is 18.1. The first-order valence-electron chi connectivity index (χ1n) is 24.5. The van der Waals surface area contributed by atoms with E-state index in [1.54, 1.807) is 0 Å². The SMILES string of the molecule is COC(=O)NC(C(=O)N1CCCC1c1nc(-c2ccc(-c3ccc4c(c3)c(-c3ccc(-c5c[nH]c(C6CCCN6C(=O)C(NC(=O)OC)C(C)C)n5)cc3)c3n4COc4cc(Cl)ccc4-3)cc2)c[nH]1)C(C)C. The number of alkyl carbamates (subject to hydrolysis) is 2. The van der Waals surface area contributed by atoms with E-state index >= 15 is 0 Å². The molecular weight excluding hydrogens is 934 g/mol. The van der Waals surface area contributed by atoms with Gasteiger partial charge in [-0.1, -0.05) is 93.9 Å². The number of benzene rings is 4. The van der Waals surface area contributed by atoms with Crippen LogP contribution in [0.5, 0.6) is 5.75 Å². The molecule has 3 aliphatic heterocycles.